The lowest BCUT2D eigenvalue weighted by Gasteiger charge is -2.28. The van der Waals surface area contributed by atoms with E-state index in [4.69, 9.17) is 0 Å². The van der Waals surface area contributed by atoms with Crippen LogP contribution < -0.4 is 10.6 Å². The molecule has 1 aliphatic rings. The fraction of sp³-hybridized carbons (Fsp3) is 0.455. The smallest absolute Gasteiger partial charge is 0.224 e. The molecule has 30 heavy (non-hydrogen) atoms. The lowest BCUT2D eigenvalue weighted by Crippen LogP contribution is -2.44. The van der Waals surface area contributed by atoms with Crippen LogP contribution in [-0.4, -0.2) is 43.4 Å². The quantitative estimate of drug-likeness (QED) is 0.330. The number of thiophene rings is 1. The molecule has 2 N–H and O–H groups in total. The van der Waals surface area contributed by atoms with Gasteiger partial charge in [0.05, 0.1) is 0 Å². The summed E-state index contributed by atoms with van der Waals surface area (Å²) in [6, 6.07) is 8.78. The molecule has 0 fully saturated rings. The van der Waals surface area contributed by atoms with Gasteiger partial charge in [0.1, 0.15) is 5.82 Å². The Bertz CT molecular complexity index is 884. The van der Waals surface area contributed by atoms with Gasteiger partial charge in [-0.2, -0.15) is 0 Å². The number of benzene rings is 1. The molecule has 8 heteroatoms. The molecule has 0 radical (unpaired) electrons. The summed E-state index contributed by atoms with van der Waals surface area (Å²) in [7, 11) is 1.70. The fourth-order valence-corrected chi connectivity index (χ4v) is 4.33. The van der Waals surface area contributed by atoms with E-state index in [-0.39, 0.29) is 41.1 Å². The first kappa shape index (κ1) is 24.6. The predicted molar refractivity (Wildman–Crippen MR) is 132 cm³/mol. The number of halogens is 2. The minimum Gasteiger partial charge on any atom is -0.356 e. The molecule has 1 aromatic carbocycles. The number of carbonyl (C=O) groups is 1. The molecule has 0 aliphatic carbocycles. The Kier molecular flexibility index (Phi) is 9.09. The van der Waals surface area contributed by atoms with Crippen LogP contribution in [0, 0.1) is 5.82 Å². The van der Waals surface area contributed by atoms with E-state index in [2.05, 4.69) is 40.9 Å². The van der Waals surface area contributed by atoms with Crippen molar-refractivity contribution >= 4 is 47.2 Å². The van der Waals surface area contributed by atoms with E-state index >= 15 is 0 Å². The van der Waals surface area contributed by atoms with Gasteiger partial charge in [-0.25, -0.2) is 4.39 Å². The summed E-state index contributed by atoms with van der Waals surface area (Å²) in [6.07, 6.45) is 1.37. The molecule has 0 atom stereocenters. The summed E-state index contributed by atoms with van der Waals surface area (Å²) in [6.45, 7) is 6.73. The third kappa shape index (κ3) is 6.41. The van der Waals surface area contributed by atoms with E-state index < -0.39 is 0 Å². The number of aliphatic imine (C=N–C) groups is 1. The average molecular weight is 544 g/mol. The second kappa shape index (κ2) is 11.1. The van der Waals surface area contributed by atoms with Crippen molar-refractivity contribution in [3.63, 3.8) is 0 Å². The van der Waals surface area contributed by atoms with Gasteiger partial charge in [-0.05, 0) is 41.1 Å². The number of carbonyl (C=O) groups excluding carboxylic acids is 1. The van der Waals surface area contributed by atoms with E-state index in [9.17, 15) is 9.18 Å². The van der Waals surface area contributed by atoms with Crippen molar-refractivity contribution in [2.45, 2.75) is 38.6 Å². The van der Waals surface area contributed by atoms with Crippen molar-refractivity contribution in [2.75, 3.05) is 26.7 Å². The third-order valence-electron chi connectivity index (χ3n) is 5.32. The van der Waals surface area contributed by atoms with Crippen LogP contribution in [-0.2, 0) is 23.2 Å². The minimum absolute atomic E-state index is 0. The van der Waals surface area contributed by atoms with Gasteiger partial charge in [-0.3, -0.25) is 9.79 Å². The van der Waals surface area contributed by atoms with Gasteiger partial charge in [0.2, 0.25) is 5.91 Å². The molecule has 1 amide bonds. The molecule has 0 spiro atoms. The van der Waals surface area contributed by atoms with Gasteiger partial charge < -0.3 is 15.5 Å². The molecule has 1 aromatic heterocycles. The molecule has 1 aliphatic heterocycles. The predicted octanol–water partition coefficient (Wildman–Crippen LogP) is 3.92. The Balaban J connectivity index is 0.00000320. The lowest BCUT2D eigenvalue weighted by molar-refractivity contribution is -0.131. The number of hydrogen-bond donors (Lipinski definition) is 2. The van der Waals surface area contributed by atoms with E-state index in [1.54, 1.807) is 30.5 Å². The zero-order chi connectivity index (χ0) is 20.9. The summed E-state index contributed by atoms with van der Waals surface area (Å²) in [4.78, 5) is 20.1. The molecule has 0 saturated carbocycles. The zero-order valence-electron chi connectivity index (χ0n) is 17.7. The van der Waals surface area contributed by atoms with Crippen LogP contribution in [0.15, 0.2) is 40.7 Å². The summed E-state index contributed by atoms with van der Waals surface area (Å²) in [5.41, 5.74) is 1.94. The highest BCUT2D eigenvalue weighted by Gasteiger charge is 2.22. The summed E-state index contributed by atoms with van der Waals surface area (Å²) in [5.74, 6) is 0.565. The highest BCUT2D eigenvalue weighted by atomic mass is 127. The molecule has 3 rings (SSSR count). The number of nitrogens with zero attached hydrogens (tertiary/aromatic N) is 2. The van der Waals surface area contributed by atoms with Crippen LogP contribution in [0.1, 0.15) is 36.3 Å². The molecule has 0 bridgehead atoms. The van der Waals surface area contributed by atoms with Crippen molar-refractivity contribution in [1.82, 2.24) is 15.5 Å². The number of nitrogens with one attached hydrogen (secondary N) is 2. The van der Waals surface area contributed by atoms with Crippen LogP contribution in [0.2, 0.25) is 0 Å². The first-order valence-corrected chi connectivity index (χ1v) is 10.8. The Hall–Kier alpha value is -1.68. The highest BCUT2D eigenvalue weighted by Crippen LogP contribution is 2.24. The monoisotopic (exact) mass is 544 g/mol. The lowest BCUT2D eigenvalue weighted by atomic mass is 9.84. The van der Waals surface area contributed by atoms with Gasteiger partial charge >= 0.3 is 0 Å². The maximum atomic E-state index is 13.5. The highest BCUT2D eigenvalue weighted by molar-refractivity contribution is 14.0. The average Bonchev–Trinajstić information content (AvgIpc) is 3.18. The van der Waals surface area contributed by atoms with Crippen molar-refractivity contribution in [3.8, 4) is 0 Å². The van der Waals surface area contributed by atoms with E-state index in [0.29, 0.717) is 32.0 Å². The van der Waals surface area contributed by atoms with Crippen LogP contribution in [0.4, 0.5) is 4.39 Å². The summed E-state index contributed by atoms with van der Waals surface area (Å²) < 4.78 is 13.5. The number of fused-ring (bicyclic) bond motifs is 1. The largest absolute Gasteiger partial charge is 0.356 e. The second-order valence-electron chi connectivity index (χ2n) is 7.93. The molecule has 5 nitrogen and oxygen atoms in total. The molecule has 2 heterocycles. The Morgan fingerprint density at radius 1 is 1.30 bits per heavy atom. The van der Waals surface area contributed by atoms with Crippen molar-refractivity contribution in [3.05, 3.63) is 57.5 Å². The van der Waals surface area contributed by atoms with E-state index in [1.807, 2.05) is 11.0 Å². The summed E-state index contributed by atoms with van der Waals surface area (Å²) in [5, 5.41) is 8.59. The van der Waals surface area contributed by atoms with Gasteiger partial charge in [0.25, 0.3) is 0 Å². The SMILES string of the molecule is CN=C(NCCC(=O)N1CCc2sccc2C1)NCC(C)(C)c1cccc(F)c1.I. The van der Waals surface area contributed by atoms with Crippen LogP contribution in [0.25, 0.3) is 0 Å². The molecule has 164 valence electrons. The topological polar surface area (TPSA) is 56.7 Å². The maximum absolute atomic E-state index is 13.5. The molecule has 0 unspecified atom stereocenters. The van der Waals surface area contributed by atoms with Crippen LogP contribution in [0.5, 0.6) is 0 Å². The van der Waals surface area contributed by atoms with Crippen LogP contribution >= 0.6 is 35.3 Å². The zero-order valence-corrected chi connectivity index (χ0v) is 20.9. The van der Waals surface area contributed by atoms with Crippen molar-refractivity contribution < 1.29 is 9.18 Å². The van der Waals surface area contributed by atoms with Crippen molar-refractivity contribution in [2.24, 2.45) is 4.99 Å². The van der Waals surface area contributed by atoms with E-state index in [1.165, 1.54) is 16.5 Å². The molecule has 2 aromatic rings. The van der Waals surface area contributed by atoms with Gasteiger partial charge in [-0.1, -0.05) is 26.0 Å². The van der Waals surface area contributed by atoms with Gasteiger partial charge in [-0.15, -0.1) is 35.3 Å². The van der Waals surface area contributed by atoms with Gasteiger partial charge in [0.15, 0.2) is 5.96 Å². The van der Waals surface area contributed by atoms with E-state index in [0.717, 1.165) is 18.5 Å². The Labute approximate surface area is 199 Å². The number of hydrogen-bond acceptors (Lipinski definition) is 3. The second-order valence-corrected chi connectivity index (χ2v) is 8.93. The van der Waals surface area contributed by atoms with Gasteiger partial charge in [0, 0.05) is 49.9 Å². The normalized spacial score (nSPS) is 14.0. The fourth-order valence-electron chi connectivity index (χ4n) is 3.44. The number of amides is 1. The maximum Gasteiger partial charge on any atom is 0.224 e. The Morgan fingerprint density at radius 2 is 2.10 bits per heavy atom. The number of guanidine groups is 1. The van der Waals surface area contributed by atoms with Crippen molar-refractivity contribution in [1.29, 1.82) is 0 Å². The van der Waals surface area contributed by atoms with Crippen LogP contribution in [0.3, 0.4) is 0 Å². The first-order valence-electron chi connectivity index (χ1n) is 9.92. The molecule has 0 saturated heterocycles. The number of rotatable bonds is 6. The summed E-state index contributed by atoms with van der Waals surface area (Å²) >= 11 is 1.78. The molecular formula is C22H30FIN4OS. The molecular weight excluding hydrogens is 514 g/mol. The Morgan fingerprint density at radius 3 is 2.83 bits per heavy atom. The first-order chi connectivity index (χ1) is 13.9. The minimum atomic E-state index is -0.262. The standard InChI is InChI=1S/C22H29FN4OS.HI/c1-22(2,17-5-4-6-18(23)13-17)15-26-21(24-3)25-10-7-20(28)27-11-8-19-16(14-27)9-12-29-19;/h4-6,9,12-13H,7-8,10-11,14-15H2,1-3H3,(H2,24,25,26);1H. The third-order valence-corrected chi connectivity index (χ3v) is 6.34.